The number of carboxylic acids is 1. The van der Waals surface area contributed by atoms with E-state index in [1.54, 1.807) is 13.0 Å². The molecular weight excluding hydrogens is 180 g/mol. The van der Waals surface area contributed by atoms with Crippen LogP contribution in [0.1, 0.15) is 33.6 Å². The van der Waals surface area contributed by atoms with E-state index < -0.39 is 5.97 Å². The fraction of sp³-hybridized carbons (Fsp3) is 0.727. The fourth-order valence-electron chi connectivity index (χ4n) is 1.54. The van der Waals surface area contributed by atoms with Crippen LogP contribution < -0.4 is 0 Å². The van der Waals surface area contributed by atoms with Crippen molar-refractivity contribution in [2.24, 2.45) is 11.8 Å². The number of aliphatic hydroxyl groups is 1. The third-order valence-electron chi connectivity index (χ3n) is 2.27. The monoisotopic (exact) mass is 200 g/mol. The first-order valence-corrected chi connectivity index (χ1v) is 5.00. The van der Waals surface area contributed by atoms with Crippen molar-refractivity contribution in [1.82, 2.24) is 0 Å². The van der Waals surface area contributed by atoms with Gasteiger partial charge in [-0.25, -0.2) is 4.79 Å². The van der Waals surface area contributed by atoms with E-state index in [0.717, 1.165) is 12.8 Å². The summed E-state index contributed by atoms with van der Waals surface area (Å²) in [6.07, 6.45) is 3.48. The van der Waals surface area contributed by atoms with Gasteiger partial charge in [-0.3, -0.25) is 0 Å². The van der Waals surface area contributed by atoms with Gasteiger partial charge in [0.2, 0.25) is 0 Å². The van der Waals surface area contributed by atoms with E-state index in [1.165, 1.54) is 0 Å². The van der Waals surface area contributed by atoms with Crippen LogP contribution in [-0.2, 0) is 4.79 Å². The van der Waals surface area contributed by atoms with Gasteiger partial charge in [0, 0.05) is 12.2 Å². The number of aliphatic hydroxyl groups excluding tert-OH is 1. The van der Waals surface area contributed by atoms with E-state index >= 15 is 0 Å². The average Bonchev–Trinajstić information content (AvgIpc) is 2.03. The minimum atomic E-state index is -0.855. The van der Waals surface area contributed by atoms with Gasteiger partial charge in [-0.1, -0.05) is 19.9 Å². The van der Waals surface area contributed by atoms with Crippen molar-refractivity contribution in [2.45, 2.75) is 33.6 Å². The molecule has 0 fully saturated rings. The van der Waals surface area contributed by atoms with E-state index in [1.807, 2.05) is 6.92 Å². The third kappa shape index (κ3) is 5.75. The Balaban J connectivity index is 4.02. The molecule has 0 heterocycles. The lowest BCUT2D eigenvalue weighted by molar-refractivity contribution is -0.132. The number of aliphatic carboxylic acids is 1. The van der Waals surface area contributed by atoms with Crippen LogP contribution in [0.3, 0.4) is 0 Å². The Morgan fingerprint density at radius 2 is 2.00 bits per heavy atom. The lowest BCUT2D eigenvalue weighted by Gasteiger charge is -2.13. The molecule has 0 aliphatic heterocycles. The number of hydrogen-bond donors (Lipinski definition) is 2. The molecule has 0 saturated carbocycles. The first-order valence-electron chi connectivity index (χ1n) is 5.00. The second kappa shape index (κ2) is 6.60. The molecule has 0 aromatic heterocycles. The fourth-order valence-corrected chi connectivity index (χ4v) is 1.54. The largest absolute Gasteiger partial charge is 0.478 e. The zero-order chi connectivity index (χ0) is 11.1. The number of rotatable bonds is 6. The van der Waals surface area contributed by atoms with Gasteiger partial charge in [-0.05, 0) is 31.6 Å². The standard InChI is InChI=1S/C11H20O3/c1-8(4-5-12)6-9(2)7-10(3)11(13)14/h7-9,12H,4-6H2,1-3H3,(H,13,14)/b10-7+. The molecule has 3 nitrogen and oxygen atoms in total. The van der Waals surface area contributed by atoms with Crippen molar-refractivity contribution in [3.8, 4) is 0 Å². The Labute approximate surface area is 85.4 Å². The summed E-state index contributed by atoms with van der Waals surface area (Å²) in [5.41, 5.74) is 0.397. The second-order valence-corrected chi connectivity index (χ2v) is 3.99. The highest BCUT2D eigenvalue weighted by atomic mass is 16.4. The van der Waals surface area contributed by atoms with Gasteiger partial charge >= 0.3 is 5.97 Å². The zero-order valence-electron chi connectivity index (χ0n) is 9.16. The van der Waals surface area contributed by atoms with Crippen molar-refractivity contribution in [1.29, 1.82) is 0 Å². The van der Waals surface area contributed by atoms with E-state index in [0.29, 0.717) is 11.5 Å². The van der Waals surface area contributed by atoms with Gasteiger partial charge in [0.25, 0.3) is 0 Å². The predicted molar refractivity (Wildman–Crippen MR) is 56.0 cm³/mol. The Kier molecular flexibility index (Phi) is 6.21. The van der Waals surface area contributed by atoms with E-state index in [2.05, 4.69) is 6.92 Å². The zero-order valence-corrected chi connectivity index (χ0v) is 9.16. The summed E-state index contributed by atoms with van der Waals surface area (Å²) in [6.45, 7) is 5.88. The van der Waals surface area contributed by atoms with Crippen LogP contribution in [0.4, 0.5) is 0 Å². The molecule has 2 unspecified atom stereocenters. The van der Waals surface area contributed by atoms with Crippen molar-refractivity contribution in [2.75, 3.05) is 6.61 Å². The Hall–Kier alpha value is -0.830. The molecule has 14 heavy (non-hydrogen) atoms. The van der Waals surface area contributed by atoms with Crippen LogP contribution in [0.15, 0.2) is 11.6 Å². The first kappa shape index (κ1) is 13.2. The highest BCUT2D eigenvalue weighted by Crippen LogP contribution is 2.17. The van der Waals surface area contributed by atoms with Crippen LogP contribution in [0.2, 0.25) is 0 Å². The predicted octanol–water partition coefficient (Wildman–Crippen LogP) is 2.06. The molecule has 2 atom stereocenters. The van der Waals surface area contributed by atoms with E-state index in [4.69, 9.17) is 10.2 Å². The van der Waals surface area contributed by atoms with Crippen LogP contribution >= 0.6 is 0 Å². The van der Waals surface area contributed by atoms with Gasteiger partial charge in [0.05, 0.1) is 0 Å². The van der Waals surface area contributed by atoms with E-state index in [-0.39, 0.29) is 12.5 Å². The molecule has 0 bridgehead atoms. The second-order valence-electron chi connectivity index (χ2n) is 3.99. The molecule has 0 amide bonds. The smallest absolute Gasteiger partial charge is 0.330 e. The van der Waals surface area contributed by atoms with Crippen LogP contribution in [-0.4, -0.2) is 22.8 Å². The molecule has 82 valence electrons. The normalized spacial score (nSPS) is 16.4. The summed E-state index contributed by atoms with van der Waals surface area (Å²) in [4.78, 5) is 10.5. The lowest BCUT2D eigenvalue weighted by Crippen LogP contribution is -2.05. The van der Waals surface area contributed by atoms with Gasteiger partial charge in [0.1, 0.15) is 0 Å². The molecule has 0 radical (unpaired) electrons. The van der Waals surface area contributed by atoms with Crippen LogP contribution in [0.25, 0.3) is 0 Å². The lowest BCUT2D eigenvalue weighted by atomic mass is 9.93. The van der Waals surface area contributed by atoms with Gasteiger partial charge in [-0.15, -0.1) is 0 Å². The SMILES string of the molecule is C/C(=C\C(C)CC(C)CCO)C(=O)O. The number of allylic oxidation sites excluding steroid dienone is 1. The maximum Gasteiger partial charge on any atom is 0.330 e. The number of carbonyl (C=O) groups is 1. The summed E-state index contributed by atoms with van der Waals surface area (Å²) in [5, 5.41) is 17.4. The molecule has 0 aromatic rings. The molecule has 0 aromatic carbocycles. The van der Waals surface area contributed by atoms with Gasteiger partial charge in [-0.2, -0.15) is 0 Å². The Morgan fingerprint density at radius 1 is 1.43 bits per heavy atom. The number of carboxylic acid groups (broad SMARTS) is 1. The highest BCUT2D eigenvalue weighted by molar-refractivity contribution is 5.85. The van der Waals surface area contributed by atoms with Crippen molar-refractivity contribution in [3.63, 3.8) is 0 Å². The molecule has 0 rings (SSSR count). The molecule has 0 aliphatic rings. The summed E-state index contributed by atoms with van der Waals surface area (Å²) in [6, 6.07) is 0. The highest BCUT2D eigenvalue weighted by Gasteiger charge is 2.08. The molecule has 0 aliphatic carbocycles. The summed E-state index contributed by atoms with van der Waals surface area (Å²) < 4.78 is 0. The van der Waals surface area contributed by atoms with Gasteiger partial charge in [0.15, 0.2) is 0 Å². The topological polar surface area (TPSA) is 57.5 Å². The summed E-state index contributed by atoms with van der Waals surface area (Å²) in [7, 11) is 0. The third-order valence-corrected chi connectivity index (χ3v) is 2.27. The van der Waals surface area contributed by atoms with Crippen molar-refractivity contribution < 1.29 is 15.0 Å². The Bertz CT molecular complexity index is 209. The Morgan fingerprint density at radius 3 is 2.43 bits per heavy atom. The average molecular weight is 200 g/mol. The van der Waals surface area contributed by atoms with Gasteiger partial charge < -0.3 is 10.2 Å². The van der Waals surface area contributed by atoms with Crippen LogP contribution in [0, 0.1) is 11.8 Å². The number of hydrogen-bond acceptors (Lipinski definition) is 2. The van der Waals surface area contributed by atoms with Crippen molar-refractivity contribution >= 4 is 5.97 Å². The molecule has 0 spiro atoms. The van der Waals surface area contributed by atoms with Crippen molar-refractivity contribution in [3.05, 3.63) is 11.6 Å². The first-order chi connectivity index (χ1) is 6.47. The molecule has 2 N–H and O–H groups in total. The molecule has 3 heteroatoms. The minimum absolute atomic E-state index is 0.204. The quantitative estimate of drug-likeness (QED) is 0.645. The molecule has 0 saturated heterocycles. The maximum absolute atomic E-state index is 10.5. The summed E-state index contributed by atoms with van der Waals surface area (Å²) in [5.74, 6) is -0.160. The summed E-state index contributed by atoms with van der Waals surface area (Å²) >= 11 is 0. The van der Waals surface area contributed by atoms with Crippen LogP contribution in [0.5, 0.6) is 0 Å². The van der Waals surface area contributed by atoms with E-state index in [9.17, 15) is 4.79 Å². The maximum atomic E-state index is 10.5. The molecular formula is C11H20O3. The minimum Gasteiger partial charge on any atom is -0.478 e.